The summed E-state index contributed by atoms with van der Waals surface area (Å²) in [5, 5.41) is 1.91. The second-order valence-corrected chi connectivity index (χ2v) is 5.37. The van der Waals surface area contributed by atoms with Crippen LogP contribution >= 0.6 is 11.3 Å². The first-order valence-electron chi connectivity index (χ1n) is 5.89. The molecule has 0 unspecified atom stereocenters. The summed E-state index contributed by atoms with van der Waals surface area (Å²) in [5.74, 6) is 1.06. The van der Waals surface area contributed by atoms with Crippen LogP contribution in [0.15, 0.2) is 35.7 Å². The first-order valence-corrected chi connectivity index (χ1v) is 6.77. The van der Waals surface area contributed by atoms with Crippen molar-refractivity contribution in [2.24, 2.45) is 0 Å². The van der Waals surface area contributed by atoms with Gasteiger partial charge in [0.15, 0.2) is 0 Å². The molecule has 1 aromatic carbocycles. The van der Waals surface area contributed by atoms with Gasteiger partial charge in [-0.15, -0.1) is 11.3 Å². The molecule has 18 heavy (non-hydrogen) atoms. The third-order valence-corrected chi connectivity index (χ3v) is 3.75. The molecule has 3 heteroatoms. The van der Waals surface area contributed by atoms with Crippen molar-refractivity contribution in [3.8, 4) is 5.75 Å². The van der Waals surface area contributed by atoms with Crippen LogP contribution < -0.4 is 4.74 Å². The number of hydrogen-bond acceptors (Lipinski definition) is 3. The Morgan fingerprint density at radius 3 is 2.61 bits per heavy atom. The molecule has 0 aliphatic carbocycles. The van der Waals surface area contributed by atoms with Gasteiger partial charge in [-0.2, -0.15) is 0 Å². The van der Waals surface area contributed by atoms with Gasteiger partial charge in [0.25, 0.3) is 0 Å². The van der Waals surface area contributed by atoms with Gasteiger partial charge in [0.05, 0.1) is 17.6 Å². The summed E-state index contributed by atoms with van der Waals surface area (Å²) in [4.78, 5) is 13.1. The van der Waals surface area contributed by atoms with Crippen LogP contribution in [0.1, 0.15) is 40.6 Å². The highest BCUT2D eigenvalue weighted by Crippen LogP contribution is 2.27. The van der Waals surface area contributed by atoms with Crippen LogP contribution in [0.2, 0.25) is 0 Å². The number of benzene rings is 1. The molecule has 0 N–H and O–H groups in total. The van der Waals surface area contributed by atoms with Crippen molar-refractivity contribution < 1.29 is 9.53 Å². The number of carbonyl (C=O) groups is 1. The molecule has 0 saturated heterocycles. The van der Waals surface area contributed by atoms with Crippen molar-refractivity contribution in [3.63, 3.8) is 0 Å². The van der Waals surface area contributed by atoms with Gasteiger partial charge in [0.1, 0.15) is 5.75 Å². The molecule has 94 valence electrons. The molecule has 2 rings (SSSR count). The van der Waals surface area contributed by atoms with E-state index in [1.807, 2.05) is 35.7 Å². The van der Waals surface area contributed by atoms with Gasteiger partial charge in [-0.1, -0.05) is 26.0 Å². The Morgan fingerprint density at radius 1 is 1.28 bits per heavy atom. The van der Waals surface area contributed by atoms with Crippen LogP contribution in [0.25, 0.3) is 0 Å². The maximum atomic E-state index is 12.4. The molecule has 0 fully saturated rings. The van der Waals surface area contributed by atoms with E-state index in [9.17, 15) is 4.79 Å². The first-order chi connectivity index (χ1) is 8.63. The van der Waals surface area contributed by atoms with Crippen LogP contribution in [0.4, 0.5) is 0 Å². The Balaban J connectivity index is 2.47. The highest BCUT2D eigenvalue weighted by Gasteiger charge is 2.16. The second-order valence-electron chi connectivity index (χ2n) is 4.42. The van der Waals surface area contributed by atoms with E-state index in [2.05, 4.69) is 13.8 Å². The third-order valence-electron chi connectivity index (χ3n) is 2.88. The van der Waals surface area contributed by atoms with E-state index in [-0.39, 0.29) is 5.78 Å². The Labute approximate surface area is 111 Å². The number of ether oxygens (including phenoxy) is 1. The van der Waals surface area contributed by atoms with E-state index in [1.54, 1.807) is 7.11 Å². The molecule has 0 aliphatic heterocycles. The zero-order chi connectivity index (χ0) is 13.1. The monoisotopic (exact) mass is 260 g/mol. The fourth-order valence-electron chi connectivity index (χ4n) is 1.80. The van der Waals surface area contributed by atoms with Crippen molar-refractivity contribution >= 4 is 17.1 Å². The Morgan fingerprint density at radius 2 is 2.06 bits per heavy atom. The molecule has 0 bridgehead atoms. The molecule has 2 nitrogen and oxygen atoms in total. The van der Waals surface area contributed by atoms with Crippen molar-refractivity contribution in [2.75, 3.05) is 7.11 Å². The normalized spacial score (nSPS) is 10.7. The SMILES string of the molecule is COc1ccc(C(C)C)cc1C(=O)c1cccs1. The first kappa shape index (κ1) is 12.8. The third kappa shape index (κ3) is 2.46. The summed E-state index contributed by atoms with van der Waals surface area (Å²) in [6.07, 6.45) is 0. The lowest BCUT2D eigenvalue weighted by atomic mass is 9.98. The predicted molar refractivity (Wildman–Crippen MR) is 74.8 cm³/mol. The fourth-order valence-corrected chi connectivity index (χ4v) is 2.48. The van der Waals surface area contributed by atoms with Gasteiger partial charge in [0, 0.05) is 0 Å². The lowest BCUT2D eigenvalue weighted by molar-refractivity contribution is 0.103. The van der Waals surface area contributed by atoms with E-state index >= 15 is 0 Å². The summed E-state index contributed by atoms with van der Waals surface area (Å²) in [7, 11) is 1.59. The van der Waals surface area contributed by atoms with Crippen molar-refractivity contribution in [3.05, 3.63) is 51.7 Å². The average Bonchev–Trinajstić information content (AvgIpc) is 2.90. The van der Waals surface area contributed by atoms with E-state index in [0.717, 1.165) is 10.4 Å². The van der Waals surface area contributed by atoms with E-state index in [4.69, 9.17) is 4.74 Å². The topological polar surface area (TPSA) is 26.3 Å². The number of thiophene rings is 1. The van der Waals surface area contributed by atoms with Crippen LogP contribution in [0.5, 0.6) is 5.75 Å². The highest BCUT2D eigenvalue weighted by molar-refractivity contribution is 7.12. The number of ketones is 1. The second kappa shape index (κ2) is 5.36. The van der Waals surface area contributed by atoms with Crippen LogP contribution in [0.3, 0.4) is 0 Å². The maximum absolute atomic E-state index is 12.4. The van der Waals surface area contributed by atoms with E-state index in [1.165, 1.54) is 11.3 Å². The number of rotatable bonds is 4. The maximum Gasteiger partial charge on any atom is 0.206 e. The minimum Gasteiger partial charge on any atom is -0.496 e. The fraction of sp³-hybridized carbons (Fsp3) is 0.267. The smallest absolute Gasteiger partial charge is 0.206 e. The highest BCUT2D eigenvalue weighted by atomic mass is 32.1. The Hall–Kier alpha value is -1.61. The summed E-state index contributed by atoms with van der Waals surface area (Å²) < 4.78 is 5.28. The molecule has 0 aliphatic rings. The van der Waals surface area contributed by atoms with Gasteiger partial charge in [-0.3, -0.25) is 4.79 Å². The zero-order valence-electron chi connectivity index (χ0n) is 10.8. The molecule has 1 aromatic heterocycles. The molecular weight excluding hydrogens is 244 g/mol. The van der Waals surface area contributed by atoms with Crippen LogP contribution in [0, 0.1) is 0 Å². The number of hydrogen-bond donors (Lipinski definition) is 0. The average molecular weight is 260 g/mol. The minimum atomic E-state index is 0.0318. The quantitative estimate of drug-likeness (QED) is 0.773. The van der Waals surface area contributed by atoms with E-state index < -0.39 is 0 Å². The molecule has 0 atom stereocenters. The molecule has 2 aromatic rings. The summed E-state index contributed by atoms with van der Waals surface area (Å²) >= 11 is 1.45. The Kier molecular flexibility index (Phi) is 3.82. The Bertz CT molecular complexity index is 542. The number of methoxy groups -OCH3 is 1. The van der Waals surface area contributed by atoms with Crippen molar-refractivity contribution in [1.29, 1.82) is 0 Å². The lowest BCUT2D eigenvalue weighted by Crippen LogP contribution is -2.03. The summed E-state index contributed by atoms with van der Waals surface area (Å²) in [5.41, 5.74) is 1.79. The largest absolute Gasteiger partial charge is 0.496 e. The molecule has 0 saturated carbocycles. The zero-order valence-corrected chi connectivity index (χ0v) is 11.6. The van der Waals surface area contributed by atoms with Gasteiger partial charge in [-0.05, 0) is 35.1 Å². The van der Waals surface area contributed by atoms with Gasteiger partial charge >= 0.3 is 0 Å². The van der Waals surface area contributed by atoms with Crippen molar-refractivity contribution in [1.82, 2.24) is 0 Å². The standard InChI is InChI=1S/C15H16O2S/c1-10(2)11-6-7-13(17-3)12(9-11)15(16)14-5-4-8-18-14/h4-10H,1-3H3. The molecule has 0 amide bonds. The van der Waals surface area contributed by atoms with Crippen molar-refractivity contribution in [2.45, 2.75) is 19.8 Å². The van der Waals surface area contributed by atoms with Gasteiger partial charge in [-0.25, -0.2) is 0 Å². The molecular formula is C15H16O2S. The van der Waals surface area contributed by atoms with Crippen LogP contribution in [-0.4, -0.2) is 12.9 Å². The minimum absolute atomic E-state index is 0.0318. The number of carbonyl (C=O) groups excluding carboxylic acids is 1. The molecule has 0 spiro atoms. The summed E-state index contributed by atoms with van der Waals surface area (Å²) in [6.45, 7) is 4.22. The van der Waals surface area contributed by atoms with E-state index in [0.29, 0.717) is 17.2 Å². The lowest BCUT2D eigenvalue weighted by Gasteiger charge is -2.11. The van der Waals surface area contributed by atoms with Gasteiger partial charge in [0.2, 0.25) is 5.78 Å². The van der Waals surface area contributed by atoms with Gasteiger partial charge < -0.3 is 4.74 Å². The molecule has 1 heterocycles. The predicted octanol–water partition coefficient (Wildman–Crippen LogP) is 4.11. The van der Waals surface area contributed by atoms with Crippen LogP contribution in [-0.2, 0) is 0 Å². The molecule has 0 radical (unpaired) electrons. The summed E-state index contributed by atoms with van der Waals surface area (Å²) in [6, 6.07) is 9.54.